The SMILES string of the molecule is C[C@@H]1OCc2c1c(N)nc1cnc(C(=O)N3[C@@H](C)COC[C@H]3C3=CC=C(OC(F)(F)F)CC3F)cc21. The molecule has 8 nitrogen and oxygen atoms in total. The summed E-state index contributed by atoms with van der Waals surface area (Å²) in [5.74, 6) is -0.635. The van der Waals surface area contributed by atoms with E-state index in [2.05, 4.69) is 14.7 Å². The second-order valence-corrected chi connectivity index (χ2v) is 9.06. The molecule has 2 aromatic heterocycles. The summed E-state index contributed by atoms with van der Waals surface area (Å²) in [4.78, 5) is 23.8. The molecule has 36 heavy (non-hydrogen) atoms. The van der Waals surface area contributed by atoms with Crippen LogP contribution in [0.5, 0.6) is 0 Å². The summed E-state index contributed by atoms with van der Waals surface area (Å²) >= 11 is 0. The van der Waals surface area contributed by atoms with Gasteiger partial charge in [0.15, 0.2) is 0 Å². The number of alkyl halides is 4. The Morgan fingerprint density at radius 3 is 2.75 bits per heavy atom. The third-order valence-electron chi connectivity index (χ3n) is 6.67. The fourth-order valence-corrected chi connectivity index (χ4v) is 5.04. The van der Waals surface area contributed by atoms with Crippen LogP contribution < -0.4 is 5.73 Å². The monoisotopic (exact) mass is 508 g/mol. The van der Waals surface area contributed by atoms with Gasteiger partial charge < -0.3 is 24.8 Å². The van der Waals surface area contributed by atoms with Gasteiger partial charge >= 0.3 is 6.36 Å². The van der Waals surface area contributed by atoms with Crippen molar-refractivity contribution in [3.8, 4) is 0 Å². The number of carbonyl (C=O) groups excluding carboxylic acids is 1. The molecule has 0 bridgehead atoms. The fraction of sp³-hybridized carbons (Fsp3) is 0.458. The standard InChI is InChI=1S/C24H24F4N4O4/c1-11-8-34-10-20(14-4-3-13(5-17(14)25)36-24(26,27)28)32(11)23(33)18-6-15-16-9-35-12(2)21(16)22(29)31-19(15)7-30-18/h3-4,6-7,11-12,17,20H,5,8-10H2,1-2H3,(H2,29,31)/t11-,12-,17?,20-/m0/s1. The van der Waals surface area contributed by atoms with Crippen molar-refractivity contribution in [3.05, 3.63) is 52.6 Å². The number of hydrogen-bond donors (Lipinski definition) is 1. The number of amides is 1. The molecular weight excluding hydrogens is 484 g/mol. The number of anilines is 1. The molecule has 2 aliphatic heterocycles. The number of fused-ring (bicyclic) bond motifs is 3. The molecule has 12 heteroatoms. The average molecular weight is 508 g/mol. The third kappa shape index (κ3) is 4.39. The summed E-state index contributed by atoms with van der Waals surface area (Å²) < 4.78 is 67.9. The molecule has 1 amide bonds. The molecule has 2 aromatic rings. The predicted molar refractivity (Wildman–Crippen MR) is 120 cm³/mol. The second-order valence-electron chi connectivity index (χ2n) is 9.06. The molecule has 0 saturated carbocycles. The van der Waals surface area contributed by atoms with E-state index in [1.807, 2.05) is 6.92 Å². The number of nitrogen functional groups attached to an aromatic ring is 1. The van der Waals surface area contributed by atoms with Crippen molar-refractivity contribution >= 4 is 22.6 Å². The molecule has 5 rings (SSSR count). The maximum absolute atomic E-state index is 15.1. The van der Waals surface area contributed by atoms with Gasteiger partial charge in [-0.15, -0.1) is 13.2 Å². The van der Waals surface area contributed by atoms with E-state index in [9.17, 15) is 18.0 Å². The lowest BCUT2D eigenvalue weighted by Gasteiger charge is -2.42. The quantitative estimate of drug-likeness (QED) is 0.623. The van der Waals surface area contributed by atoms with E-state index >= 15 is 4.39 Å². The summed E-state index contributed by atoms with van der Waals surface area (Å²) in [6.45, 7) is 4.16. The van der Waals surface area contributed by atoms with Gasteiger partial charge in [-0.3, -0.25) is 4.79 Å². The number of allylic oxidation sites excluding steroid dienone is 3. The summed E-state index contributed by atoms with van der Waals surface area (Å²) in [5, 5.41) is 0.691. The van der Waals surface area contributed by atoms with Crippen molar-refractivity contribution in [2.45, 2.75) is 57.6 Å². The Labute approximate surface area is 203 Å². The Balaban J connectivity index is 1.49. The third-order valence-corrected chi connectivity index (χ3v) is 6.67. The van der Waals surface area contributed by atoms with Crippen LogP contribution in [0.4, 0.5) is 23.4 Å². The predicted octanol–water partition coefficient (Wildman–Crippen LogP) is 4.12. The van der Waals surface area contributed by atoms with E-state index in [0.717, 1.165) is 17.2 Å². The second kappa shape index (κ2) is 9.00. The Hall–Kier alpha value is -3.25. The first-order chi connectivity index (χ1) is 17.0. The van der Waals surface area contributed by atoms with Gasteiger partial charge in [-0.2, -0.15) is 0 Å². The molecule has 2 N–H and O–H groups in total. The van der Waals surface area contributed by atoms with Crippen LogP contribution in [0.3, 0.4) is 0 Å². The van der Waals surface area contributed by atoms with Gasteiger partial charge in [-0.05, 0) is 37.1 Å². The highest BCUT2D eigenvalue weighted by molar-refractivity contribution is 5.97. The minimum absolute atomic E-state index is 0.00193. The average Bonchev–Trinajstić information content (AvgIpc) is 3.20. The number of nitrogens with zero attached hydrogens (tertiary/aromatic N) is 3. The Bertz CT molecular complexity index is 1280. The number of ether oxygens (including phenoxy) is 3. The molecular formula is C24H24F4N4O4. The molecule has 0 radical (unpaired) electrons. The molecule has 1 fully saturated rings. The Morgan fingerprint density at radius 2 is 2.03 bits per heavy atom. The summed E-state index contributed by atoms with van der Waals surface area (Å²) in [6, 6.07) is 0.370. The lowest BCUT2D eigenvalue weighted by atomic mass is 9.92. The maximum Gasteiger partial charge on any atom is 0.572 e. The normalized spacial score (nSPS) is 26.4. The minimum atomic E-state index is -4.91. The smallest absolute Gasteiger partial charge is 0.410 e. The maximum atomic E-state index is 15.1. The van der Waals surface area contributed by atoms with Crippen LogP contribution in [0.25, 0.3) is 10.9 Å². The van der Waals surface area contributed by atoms with Gasteiger partial charge in [-0.1, -0.05) is 6.08 Å². The van der Waals surface area contributed by atoms with Gasteiger partial charge in [0.2, 0.25) is 0 Å². The van der Waals surface area contributed by atoms with E-state index < -0.39 is 42.7 Å². The van der Waals surface area contributed by atoms with E-state index in [1.54, 1.807) is 13.0 Å². The number of pyridine rings is 2. The lowest BCUT2D eigenvalue weighted by Crippen LogP contribution is -2.55. The summed E-state index contributed by atoms with van der Waals surface area (Å²) in [7, 11) is 0. The fourth-order valence-electron chi connectivity index (χ4n) is 5.04. The van der Waals surface area contributed by atoms with Crippen molar-refractivity contribution in [2.75, 3.05) is 18.9 Å². The van der Waals surface area contributed by atoms with Crippen LogP contribution >= 0.6 is 0 Å². The molecule has 1 saturated heterocycles. The first-order valence-corrected chi connectivity index (χ1v) is 11.4. The molecule has 0 aromatic carbocycles. The van der Waals surface area contributed by atoms with E-state index in [1.165, 1.54) is 17.2 Å². The highest BCUT2D eigenvalue weighted by atomic mass is 19.4. The zero-order valence-corrected chi connectivity index (χ0v) is 19.5. The number of halogens is 4. The largest absolute Gasteiger partial charge is 0.572 e. The van der Waals surface area contributed by atoms with Gasteiger partial charge in [-0.25, -0.2) is 14.4 Å². The number of aromatic nitrogens is 2. The minimum Gasteiger partial charge on any atom is -0.410 e. The van der Waals surface area contributed by atoms with Crippen LogP contribution in [-0.2, 0) is 20.8 Å². The van der Waals surface area contributed by atoms with Gasteiger partial charge in [0.1, 0.15) is 23.4 Å². The van der Waals surface area contributed by atoms with Crippen LogP contribution in [0.15, 0.2) is 35.7 Å². The number of hydrogen-bond acceptors (Lipinski definition) is 7. The van der Waals surface area contributed by atoms with Crippen LogP contribution in [0.2, 0.25) is 0 Å². The zero-order chi connectivity index (χ0) is 25.8. The van der Waals surface area contributed by atoms with Crippen molar-refractivity contribution < 1.29 is 36.6 Å². The Morgan fingerprint density at radius 1 is 1.25 bits per heavy atom. The van der Waals surface area contributed by atoms with E-state index in [4.69, 9.17) is 15.2 Å². The van der Waals surface area contributed by atoms with Crippen LogP contribution in [0.1, 0.15) is 48.0 Å². The molecule has 3 aliphatic rings. The van der Waals surface area contributed by atoms with Crippen LogP contribution in [-0.4, -0.2) is 58.6 Å². The molecule has 1 unspecified atom stereocenters. The highest BCUT2D eigenvalue weighted by Gasteiger charge is 2.41. The van der Waals surface area contributed by atoms with Gasteiger partial charge in [0.25, 0.3) is 5.91 Å². The highest BCUT2D eigenvalue weighted by Crippen LogP contribution is 2.38. The van der Waals surface area contributed by atoms with Crippen molar-refractivity contribution in [2.24, 2.45) is 0 Å². The van der Waals surface area contributed by atoms with Crippen molar-refractivity contribution in [3.63, 3.8) is 0 Å². The van der Waals surface area contributed by atoms with E-state index in [0.29, 0.717) is 23.3 Å². The van der Waals surface area contributed by atoms with Gasteiger partial charge in [0.05, 0.1) is 49.7 Å². The number of morpholine rings is 1. The van der Waals surface area contributed by atoms with Crippen molar-refractivity contribution in [1.29, 1.82) is 0 Å². The van der Waals surface area contributed by atoms with Gasteiger partial charge in [0, 0.05) is 17.4 Å². The van der Waals surface area contributed by atoms with Crippen molar-refractivity contribution in [1.82, 2.24) is 14.9 Å². The van der Waals surface area contributed by atoms with Crippen LogP contribution in [0, 0.1) is 0 Å². The molecule has 4 atom stereocenters. The Kier molecular flexibility index (Phi) is 6.11. The summed E-state index contributed by atoms with van der Waals surface area (Å²) in [5.41, 5.74) is 8.50. The molecule has 4 heterocycles. The molecule has 1 aliphatic carbocycles. The topological polar surface area (TPSA) is 99.8 Å². The lowest BCUT2D eigenvalue weighted by molar-refractivity contribution is -0.306. The number of rotatable bonds is 3. The zero-order valence-electron chi connectivity index (χ0n) is 19.5. The molecule has 0 spiro atoms. The summed E-state index contributed by atoms with van der Waals surface area (Å²) in [6.07, 6.45) is -3.74. The first kappa shape index (κ1) is 24.4. The first-order valence-electron chi connectivity index (χ1n) is 11.4. The number of nitrogens with two attached hydrogens (primary N) is 1. The number of carbonyl (C=O) groups is 1. The van der Waals surface area contributed by atoms with E-state index in [-0.39, 0.29) is 30.6 Å². The molecule has 192 valence electrons.